The van der Waals surface area contributed by atoms with E-state index < -0.39 is 12.1 Å². The van der Waals surface area contributed by atoms with Gasteiger partial charge in [-0.1, -0.05) is 64.5 Å². The number of nitrogens with zero attached hydrogens (tertiary/aromatic N) is 1. The van der Waals surface area contributed by atoms with Gasteiger partial charge in [-0.25, -0.2) is 0 Å². The summed E-state index contributed by atoms with van der Waals surface area (Å²) in [5, 5.41) is 0. The number of carbonyl (C=O) groups excluding carboxylic acids is 2. The average Bonchev–Trinajstić information content (AvgIpc) is 2.54. The van der Waals surface area contributed by atoms with E-state index in [0.717, 1.165) is 10.0 Å². The molecule has 1 atom stereocenters. The Bertz CT molecular complexity index is 688. The molecule has 0 aliphatic rings. The molecule has 0 aromatic heterocycles. The van der Waals surface area contributed by atoms with Crippen LogP contribution in [-0.2, 0) is 20.9 Å². The summed E-state index contributed by atoms with van der Waals surface area (Å²) >= 11 is 3.47. The third-order valence-corrected chi connectivity index (χ3v) is 4.13. The van der Waals surface area contributed by atoms with Gasteiger partial charge in [0.25, 0.3) is 5.91 Å². The van der Waals surface area contributed by atoms with Gasteiger partial charge in [0.05, 0.1) is 0 Å². The number of ether oxygens (including phenoxy) is 1. The third-order valence-electron chi connectivity index (χ3n) is 3.35. The molecule has 2 aromatic rings. The summed E-state index contributed by atoms with van der Waals surface area (Å²) in [5.41, 5.74) is 1.64. The van der Waals surface area contributed by atoms with E-state index in [1.807, 2.05) is 42.5 Å². The van der Waals surface area contributed by atoms with Crippen molar-refractivity contribution in [2.75, 3.05) is 7.05 Å². The minimum atomic E-state index is -0.929. The Kier molecular flexibility index (Phi) is 5.93. The first kappa shape index (κ1) is 17.2. The fraction of sp³-hybridized carbons (Fsp3) is 0.222. The molecular weight excluding hydrogens is 358 g/mol. The number of rotatable bonds is 5. The van der Waals surface area contributed by atoms with Gasteiger partial charge in [0.15, 0.2) is 0 Å². The summed E-state index contributed by atoms with van der Waals surface area (Å²) in [6.07, 6.45) is -0.929. The zero-order valence-corrected chi connectivity index (χ0v) is 14.6. The van der Waals surface area contributed by atoms with Crippen molar-refractivity contribution in [2.45, 2.75) is 19.6 Å². The first-order chi connectivity index (χ1) is 11.0. The lowest BCUT2D eigenvalue weighted by atomic mass is 10.1. The van der Waals surface area contributed by atoms with E-state index >= 15 is 0 Å². The lowest BCUT2D eigenvalue weighted by Crippen LogP contribution is -2.33. The highest BCUT2D eigenvalue weighted by Gasteiger charge is 2.27. The largest absolute Gasteiger partial charge is 0.447 e. The van der Waals surface area contributed by atoms with E-state index in [0.29, 0.717) is 12.1 Å². The van der Waals surface area contributed by atoms with E-state index in [1.54, 1.807) is 24.1 Å². The summed E-state index contributed by atoms with van der Waals surface area (Å²) < 4.78 is 6.18. The van der Waals surface area contributed by atoms with Crippen LogP contribution in [0.4, 0.5) is 0 Å². The molecule has 0 aliphatic carbocycles. The molecule has 1 amide bonds. The van der Waals surface area contributed by atoms with Gasteiger partial charge >= 0.3 is 5.97 Å². The Morgan fingerprint density at radius 2 is 1.70 bits per heavy atom. The van der Waals surface area contributed by atoms with Crippen LogP contribution in [0.3, 0.4) is 0 Å². The van der Waals surface area contributed by atoms with Crippen LogP contribution in [0.25, 0.3) is 0 Å². The van der Waals surface area contributed by atoms with Crippen LogP contribution in [0, 0.1) is 0 Å². The fourth-order valence-corrected chi connectivity index (χ4v) is 2.63. The minimum Gasteiger partial charge on any atom is -0.447 e. The second-order valence-electron chi connectivity index (χ2n) is 5.19. The highest BCUT2D eigenvalue weighted by atomic mass is 79.9. The Morgan fingerprint density at radius 3 is 2.30 bits per heavy atom. The predicted octanol–water partition coefficient (Wildman–Crippen LogP) is 3.71. The van der Waals surface area contributed by atoms with Gasteiger partial charge in [-0.2, -0.15) is 0 Å². The van der Waals surface area contributed by atoms with E-state index in [1.165, 1.54) is 6.92 Å². The van der Waals surface area contributed by atoms with Crippen molar-refractivity contribution in [3.8, 4) is 0 Å². The normalized spacial score (nSPS) is 11.6. The second-order valence-corrected chi connectivity index (χ2v) is 6.04. The molecule has 0 saturated heterocycles. The van der Waals surface area contributed by atoms with Crippen LogP contribution in [0.5, 0.6) is 0 Å². The molecule has 5 heteroatoms. The SMILES string of the molecule is CC(=O)O[C@H](C(=O)N(C)Cc1ccccc1Br)c1ccccc1. The number of halogens is 1. The van der Waals surface area contributed by atoms with Gasteiger partial charge in [-0.05, 0) is 11.6 Å². The van der Waals surface area contributed by atoms with Crippen LogP contribution in [0.2, 0.25) is 0 Å². The van der Waals surface area contributed by atoms with Crippen molar-refractivity contribution in [1.29, 1.82) is 0 Å². The Balaban J connectivity index is 2.19. The van der Waals surface area contributed by atoms with E-state index in [2.05, 4.69) is 15.9 Å². The summed E-state index contributed by atoms with van der Waals surface area (Å²) in [5.74, 6) is -0.747. The average molecular weight is 376 g/mol. The molecule has 0 unspecified atom stereocenters. The minimum absolute atomic E-state index is 0.262. The van der Waals surface area contributed by atoms with Crippen molar-refractivity contribution < 1.29 is 14.3 Å². The van der Waals surface area contributed by atoms with E-state index in [9.17, 15) is 9.59 Å². The first-order valence-electron chi connectivity index (χ1n) is 7.19. The number of hydrogen-bond acceptors (Lipinski definition) is 3. The van der Waals surface area contributed by atoms with Crippen molar-refractivity contribution in [2.24, 2.45) is 0 Å². The van der Waals surface area contributed by atoms with Crippen LogP contribution in [0.15, 0.2) is 59.1 Å². The van der Waals surface area contributed by atoms with Crippen molar-refractivity contribution in [3.05, 3.63) is 70.2 Å². The summed E-state index contributed by atoms with van der Waals surface area (Å²) in [6, 6.07) is 16.7. The summed E-state index contributed by atoms with van der Waals surface area (Å²) in [4.78, 5) is 25.7. The first-order valence-corrected chi connectivity index (χ1v) is 7.99. The van der Waals surface area contributed by atoms with Gasteiger partial charge in [0.1, 0.15) is 0 Å². The standard InChI is InChI=1S/C18H18BrNO3/c1-13(21)23-17(14-8-4-3-5-9-14)18(22)20(2)12-15-10-6-7-11-16(15)19/h3-11,17H,12H2,1-2H3/t17-/m0/s1. The number of benzene rings is 2. The van der Waals surface area contributed by atoms with Crippen LogP contribution < -0.4 is 0 Å². The second kappa shape index (κ2) is 7.92. The highest BCUT2D eigenvalue weighted by Crippen LogP contribution is 2.23. The number of likely N-dealkylation sites (N-methyl/N-ethyl adjacent to an activating group) is 1. The molecule has 2 aromatic carbocycles. The molecule has 0 aliphatic heterocycles. The monoisotopic (exact) mass is 375 g/mol. The lowest BCUT2D eigenvalue weighted by molar-refractivity contribution is -0.158. The molecule has 2 rings (SSSR count). The van der Waals surface area contributed by atoms with Crippen LogP contribution in [-0.4, -0.2) is 23.8 Å². The van der Waals surface area contributed by atoms with Crippen molar-refractivity contribution >= 4 is 27.8 Å². The molecule has 0 fully saturated rings. The fourth-order valence-electron chi connectivity index (χ4n) is 2.22. The zero-order valence-electron chi connectivity index (χ0n) is 13.0. The summed E-state index contributed by atoms with van der Waals surface area (Å²) in [6.45, 7) is 1.72. The molecule has 23 heavy (non-hydrogen) atoms. The van der Waals surface area contributed by atoms with Crippen LogP contribution in [0.1, 0.15) is 24.2 Å². The molecule has 4 nitrogen and oxygen atoms in total. The van der Waals surface area contributed by atoms with Gasteiger partial charge < -0.3 is 9.64 Å². The third kappa shape index (κ3) is 4.66. The number of esters is 1. The number of hydrogen-bond donors (Lipinski definition) is 0. The van der Waals surface area contributed by atoms with Crippen molar-refractivity contribution in [3.63, 3.8) is 0 Å². The molecule has 120 valence electrons. The topological polar surface area (TPSA) is 46.6 Å². The van der Waals surface area contributed by atoms with Crippen LogP contribution >= 0.6 is 15.9 Å². The number of amides is 1. The van der Waals surface area contributed by atoms with Gasteiger partial charge in [-0.15, -0.1) is 0 Å². The number of carbonyl (C=O) groups is 2. The Morgan fingerprint density at radius 1 is 1.09 bits per heavy atom. The Labute approximate surface area is 144 Å². The maximum Gasteiger partial charge on any atom is 0.303 e. The molecular formula is C18H18BrNO3. The maximum absolute atomic E-state index is 12.7. The molecule has 0 spiro atoms. The van der Waals surface area contributed by atoms with E-state index in [-0.39, 0.29) is 5.91 Å². The van der Waals surface area contributed by atoms with Crippen molar-refractivity contribution in [1.82, 2.24) is 4.90 Å². The molecule has 0 heterocycles. The zero-order chi connectivity index (χ0) is 16.8. The van der Waals surface area contributed by atoms with Gasteiger partial charge in [-0.3, -0.25) is 9.59 Å². The predicted molar refractivity (Wildman–Crippen MR) is 91.6 cm³/mol. The van der Waals surface area contributed by atoms with Gasteiger partial charge in [0.2, 0.25) is 6.10 Å². The Hall–Kier alpha value is -2.14. The lowest BCUT2D eigenvalue weighted by Gasteiger charge is -2.24. The highest BCUT2D eigenvalue weighted by molar-refractivity contribution is 9.10. The quantitative estimate of drug-likeness (QED) is 0.748. The molecule has 0 saturated carbocycles. The molecule has 0 radical (unpaired) electrons. The summed E-state index contributed by atoms with van der Waals surface area (Å²) in [7, 11) is 1.70. The van der Waals surface area contributed by atoms with Gasteiger partial charge in [0, 0.05) is 30.6 Å². The van der Waals surface area contributed by atoms with E-state index in [4.69, 9.17) is 4.74 Å². The molecule has 0 N–H and O–H groups in total. The molecule has 0 bridgehead atoms. The smallest absolute Gasteiger partial charge is 0.303 e. The maximum atomic E-state index is 12.7.